The number of anilines is 12. The highest BCUT2D eigenvalue weighted by atomic mass is 16.1. The predicted octanol–water partition coefficient (Wildman–Crippen LogP) is 24.3. The van der Waals surface area contributed by atoms with Crippen LogP contribution in [0.3, 0.4) is 0 Å². The Morgan fingerprint density at radius 2 is 0.327 bits per heavy atom. The van der Waals surface area contributed by atoms with E-state index >= 15 is 4.79 Å². The third kappa shape index (κ3) is 12.1. The van der Waals surface area contributed by atoms with Crippen molar-refractivity contribution in [2.24, 2.45) is 0 Å². The van der Waals surface area contributed by atoms with Gasteiger partial charge in [-0.1, -0.05) is 206 Å². The van der Waals surface area contributed by atoms with E-state index in [2.05, 4.69) is 359 Å². The van der Waals surface area contributed by atoms with Crippen LogP contribution < -0.4 is 25.3 Å². The molecule has 466 valence electrons. The first-order valence-electron chi connectivity index (χ1n) is 33.1. The van der Waals surface area contributed by atoms with Crippen molar-refractivity contribution >= 4 is 79.3 Å². The van der Waals surface area contributed by atoms with Gasteiger partial charge in [-0.25, -0.2) is 4.79 Å². The molecule has 0 atom stereocenters. The first-order valence-corrected chi connectivity index (χ1v) is 33.1. The Bertz CT molecular complexity index is 4620. The van der Waals surface area contributed by atoms with Crippen LogP contribution in [0.15, 0.2) is 405 Å². The van der Waals surface area contributed by atoms with Gasteiger partial charge in [-0.05, 0) is 239 Å². The Labute approximate surface area is 571 Å². The van der Waals surface area contributed by atoms with E-state index in [1.807, 2.05) is 69.8 Å². The van der Waals surface area contributed by atoms with Gasteiger partial charge in [0.15, 0.2) is 0 Å². The van der Waals surface area contributed by atoms with Crippen molar-refractivity contribution in [2.75, 3.05) is 19.6 Å². The van der Waals surface area contributed by atoms with Crippen LogP contribution in [0.4, 0.5) is 68.2 Å². The van der Waals surface area contributed by atoms with Crippen LogP contribution in [0, 0.1) is 0 Å². The number of hydrogen-bond donors (Lipinski definition) is 0. The topological polar surface area (TPSA) is 39.9 Å². The quantitative estimate of drug-likeness (QED) is 0.0856. The number of hydrogen-bond acceptors (Lipinski definition) is 5. The summed E-state index contributed by atoms with van der Waals surface area (Å²) in [5.74, 6) is 0. The molecule has 0 fully saturated rings. The highest BCUT2D eigenvalue weighted by Gasteiger charge is 2.22. The number of fused-ring (bicyclic) bond motifs is 1. The molecule has 0 aliphatic heterocycles. The van der Waals surface area contributed by atoms with Gasteiger partial charge in [-0.15, -0.1) is 0 Å². The molecule has 0 aliphatic carbocycles. The van der Waals surface area contributed by atoms with Gasteiger partial charge in [0.05, 0.1) is 22.4 Å². The summed E-state index contributed by atoms with van der Waals surface area (Å²) in [6, 6.07) is 140. The Morgan fingerprint density at radius 1 is 0.163 bits per heavy atom. The van der Waals surface area contributed by atoms with Crippen LogP contribution in [0.1, 0.15) is 0 Å². The summed E-state index contributed by atoms with van der Waals surface area (Å²) >= 11 is 0. The van der Waals surface area contributed by atoms with E-state index in [-0.39, 0.29) is 5.69 Å². The second-order valence-corrected chi connectivity index (χ2v) is 24.2. The monoisotopic (exact) mass is 1260 g/mol. The molecule has 0 radical (unpaired) electrons. The lowest BCUT2D eigenvalue weighted by atomic mass is 9.97. The van der Waals surface area contributed by atoms with Gasteiger partial charge in [-0.2, -0.15) is 0 Å². The van der Waals surface area contributed by atoms with Crippen LogP contribution >= 0.6 is 0 Å². The number of benzene rings is 15. The van der Waals surface area contributed by atoms with Crippen LogP contribution in [0.25, 0.3) is 66.9 Å². The summed E-state index contributed by atoms with van der Waals surface area (Å²) < 4.78 is 3.78. The summed E-state index contributed by atoms with van der Waals surface area (Å²) in [4.78, 5) is 25.4. The molecule has 0 bridgehead atoms. The van der Waals surface area contributed by atoms with E-state index in [1.54, 1.807) is 0 Å². The average Bonchev–Trinajstić information content (AvgIpc) is 1.56. The molecule has 0 spiro atoms. The smallest absolute Gasteiger partial charge is 0.311 e. The molecule has 16 aromatic rings. The third-order valence-corrected chi connectivity index (χ3v) is 18.0. The molecule has 0 aliphatic rings. The molecule has 1 heterocycles. The van der Waals surface area contributed by atoms with E-state index in [0.717, 1.165) is 135 Å². The molecule has 16 rings (SSSR count). The number of para-hydroxylation sites is 10. The lowest BCUT2D eigenvalue weighted by Crippen LogP contribution is -2.22. The first-order chi connectivity index (χ1) is 48.5. The maximum absolute atomic E-state index is 16.3. The van der Waals surface area contributed by atoms with E-state index in [1.165, 1.54) is 0 Å². The van der Waals surface area contributed by atoms with Crippen molar-refractivity contribution in [3.8, 4) is 55.9 Å². The van der Waals surface area contributed by atoms with Crippen LogP contribution in [-0.2, 0) is 0 Å². The highest BCUT2D eigenvalue weighted by Crippen LogP contribution is 2.43. The SMILES string of the molecule is O=c1n(-c2cc(-c3ccc(N(c4ccccc4)c4ccccc4)cc3)cc(-c3ccc(N(c4ccccc4)c4ccccc4)cc3)c2)c2ccccc2n1-c1cc(-c2ccc(N(c3ccccc3)c3ccccc3)cc2)cc(-c2ccc(N(c3ccccc3)c3ccccc3)cc2)c1. The molecule has 7 nitrogen and oxygen atoms in total. The van der Waals surface area contributed by atoms with Crippen molar-refractivity contribution in [2.45, 2.75) is 0 Å². The van der Waals surface area contributed by atoms with E-state index in [0.29, 0.717) is 0 Å². The van der Waals surface area contributed by atoms with Gasteiger partial charge in [0.1, 0.15) is 0 Å². The van der Waals surface area contributed by atoms with Gasteiger partial charge in [0, 0.05) is 68.2 Å². The Morgan fingerprint density at radius 3 is 0.510 bits per heavy atom. The molecule has 0 N–H and O–H groups in total. The lowest BCUT2D eigenvalue weighted by molar-refractivity contribution is 0.931. The third-order valence-electron chi connectivity index (χ3n) is 18.0. The van der Waals surface area contributed by atoms with Gasteiger partial charge < -0.3 is 19.6 Å². The zero-order valence-corrected chi connectivity index (χ0v) is 53.7. The second kappa shape index (κ2) is 27.0. The molecule has 1 aromatic heterocycles. The normalized spacial score (nSPS) is 11.1. The molecule has 15 aromatic carbocycles. The van der Waals surface area contributed by atoms with Crippen LogP contribution in [0.2, 0.25) is 0 Å². The molecular formula is C91H66N6O. The number of nitrogens with zero attached hydrogens (tertiary/aromatic N) is 6. The number of imidazole rings is 1. The summed E-state index contributed by atoms with van der Waals surface area (Å²) in [5.41, 5.74) is 23.3. The minimum atomic E-state index is -0.195. The Kier molecular flexibility index (Phi) is 16.5. The summed E-state index contributed by atoms with van der Waals surface area (Å²) in [7, 11) is 0. The Hall–Kier alpha value is -13.2. The minimum Gasteiger partial charge on any atom is -0.311 e. The van der Waals surface area contributed by atoms with Crippen molar-refractivity contribution in [3.63, 3.8) is 0 Å². The maximum Gasteiger partial charge on any atom is 0.338 e. The number of rotatable bonds is 18. The Balaban J connectivity index is 0.851. The van der Waals surface area contributed by atoms with Gasteiger partial charge in [0.25, 0.3) is 0 Å². The van der Waals surface area contributed by atoms with Crippen LogP contribution in [0.5, 0.6) is 0 Å². The molecule has 0 amide bonds. The minimum absolute atomic E-state index is 0.195. The van der Waals surface area contributed by atoms with Gasteiger partial charge in [-0.3, -0.25) is 9.13 Å². The largest absolute Gasteiger partial charge is 0.338 e. The van der Waals surface area contributed by atoms with E-state index < -0.39 is 0 Å². The molecular weight excluding hydrogens is 1190 g/mol. The van der Waals surface area contributed by atoms with Crippen molar-refractivity contribution in [1.82, 2.24) is 9.13 Å². The summed E-state index contributed by atoms with van der Waals surface area (Å²) in [6.45, 7) is 0. The fourth-order valence-electron chi connectivity index (χ4n) is 13.4. The van der Waals surface area contributed by atoms with Gasteiger partial charge in [0.2, 0.25) is 0 Å². The highest BCUT2D eigenvalue weighted by molar-refractivity contribution is 5.88. The lowest BCUT2D eigenvalue weighted by Gasteiger charge is -2.25. The second-order valence-electron chi connectivity index (χ2n) is 24.2. The molecule has 98 heavy (non-hydrogen) atoms. The zero-order chi connectivity index (χ0) is 65.6. The molecule has 7 heteroatoms. The van der Waals surface area contributed by atoms with Crippen molar-refractivity contribution in [3.05, 3.63) is 411 Å². The zero-order valence-electron chi connectivity index (χ0n) is 53.7. The molecule has 0 unspecified atom stereocenters. The van der Waals surface area contributed by atoms with Gasteiger partial charge >= 0.3 is 5.69 Å². The fraction of sp³-hybridized carbons (Fsp3) is 0. The van der Waals surface area contributed by atoms with E-state index in [4.69, 9.17) is 0 Å². The van der Waals surface area contributed by atoms with Crippen molar-refractivity contribution in [1.29, 1.82) is 0 Å². The standard InChI is InChI=1S/C91H66N6O/c98-91-96(87-63-71(67-45-53-83(54-46-67)92(75-27-9-1-10-28-75)76-29-11-2-12-30-76)61-72(64-87)68-47-55-84(56-48-68)93(77-31-13-3-14-32-77)78-33-15-4-16-34-78)89-43-25-26-44-90(89)97(91)88-65-73(69-49-57-85(58-50-69)94(79-35-17-5-18-36-79)80-37-19-6-20-38-80)62-74(66-88)70-51-59-86(60-52-70)95(81-39-21-7-22-40-81)82-41-23-8-24-42-82/h1-66H. The summed E-state index contributed by atoms with van der Waals surface area (Å²) in [5, 5.41) is 0. The van der Waals surface area contributed by atoms with Crippen molar-refractivity contribution < 1.29 is 0 Å². The van der Waals surface area contributed by atoms with Crippen LogP contribution in [-0.4, -0.2) is 9.13 Å². The first kappa shape index (κ1) is 59.8. The number of aromatic nitrogens is 2. The maximum atomic E-state index is 16.3. The molecule has 0 saturated heterocycles. The predicted molar refractivity (Wildman–Crippen MR) is 409 cm³/mol. The van der Waals surface area contributed by atoms with E-state index in [9.17, 15) is 0 Å². The fourth-order valence-corrected chi connectivity index (χ4v) is 13.4. The molecule has 0 saturated carbocycles. The summed E-state index contributed by atoms with van der Waals surface area (Å²) in [6.07, 6.45) is 0. The average molecular weight is 1260 g/mol.